The zero-order chi connectivity index (χ0) is 18.5. The second kappa shape index (κ2) is 7.71. The lowest BCUT2D eigenvalue weighted by Crippen LogP contribution is -2.42. The molecule has 1 heterocycles. The molecule has 1 amide bonds. The van der Waals surface area contributed by atoms with Crippen LogP contribution < -0.4 is 10.9 Å². The summed E-state index contributed by atoms with van der Waals surface area (Å²) in [6.07, 6.45) is 0.132. The van der Waals surface area contributed by atoms with E-state index in [2.05, 4.69) is 10.3 Å². The van der Waals surface area contributed by atoms with Crippen LogP contribution in [0.25, 0.3) is 0 Å². The fraction of sp³-hybridized carbons (Fsp3) is 0.0526. The molecular weight excluding hydrogens is 350 g/mol. The van der Waals surface area contributed by atoms with Crippen molar-refractivity contribution >= 4 is 23.9 Å². The summed E-state index contributed by atoms with van der Waals surface area (Å²) < 4.78 is 1.10. The van der Waals surface area contributed by atoms with E-state index in [9.17, 15) is 14.4 Å². The van der Waals surface area contributed by atoms with Crippen LogP contribution in [0.5, 0.6) is 0 Å². The molecule has 0 saturated heterocycles. The summed E-state index contributed by atoms with van der Waals surface area (Å²) in [5.74, 6) is -0.923. The van der Waals surface area contributed by atoms with E-state index in [0.717, 1.165) is 4.57 Å². The summed E-state index contributed by atoms with van der Waals surface area (Å²) >= 11 is 5.16. The molecule has 0 radical (unpaired) electrons. The molecule has 0 saturated carbocycles. The number of nitrogens with one attached hydrogen (secondary N) is 2. The van der Waals surface area contributed by atoms with Crippen LogP contribution in [0.15, 0.2) is 77.7 Å². The van der Waals surface area contributed by atoms with E-state index in [1.807, 2.05) is 0 Å². The number of carbonyl (C=O) groups excluding carboxylic acids is 2. The van der Waals surface area contributed by atoms with Gasteiger partial charge in [-0.3, -0.25) is 19.0 Å². The van der Waals surface area contributed by atoms with E-state index in [4.69, 9.17) is 12.2 Å². The van der Waals surface area contributed by atoms with Crippen LogP contribution in [-0.2, 0) is 0 Å². The van der Waals surface area contributed by atoms with Crippen molar-refractivity contribution in [3.05, 3.63) is 99.2 Å². The number of nitrogens with zero attached hydrogens (tertiary/aromatic N) is 1. The van der Waals surface area contributed by atoms with Crippen LogP contribution in [0.4, 0.5) is 0 Å². The Morgan fingerprint density at radius 3 is 2.08 bits per heavy atom. The maximum absolute atomic E-state index is 13.0. The van der Waals surface area contributed by atoms with Crippen LogP contribution in [0, 0.1) is 4.77 Å². The lowest BCUT2D eigenvalue weighted by molar-refractivity contribution is 0.0811. The molecule has 2 aromatic carbocycles. The second-order valence-corrected chi connectivity index (χ2v) is 5.85. The van der Waals surface area contributed by atoms with Crippen molar-refractivity contribution in [3.8, 4) is 0 Å². The van der Waals surface area contributed by atoms with Crippen molar-refractivity contribution in [1.82, 2.24) is 14.9 Å². The number of Topliss-reactive ketones (excluding diaryl/α,β-unsaturated/α-hetero) is 1. The number of hydrogen-bond acceptors (Lipinski definition) is 4. The highest BCUT2D eigenvalue weighted by molar-refractivity contribution is 7.71. The Morgan fingerprint density at radius 1 is 0.923 bits per heavy atom. The van der Waals surface area contributed by atoms with Crippen LogP contribution in [0.2, 0.25) is 0 Å². The van der Waals surface area contributed by atoms with Crippen molar-refractivity contribution in [2.75, 3.05) is 0 Å². The number of amides is 1. The lowest BCUT2D eigenvalue weighted by atomic mass is 10.1. The van der Waals surface area contributed by atoms with Gasteiger partial charge >= 0.3 is 0 Å². The van der Waals surface area contributed by atoms with Gasteiger partial charge in [0.2, 0.25) is 5.78 Å². The minimum Gasteiger partial charge on any atom is -0.339 e. The molecule has 0 aliphatic carbocycles. The molecule has 0 aliphatic rings. The minimum atomic E-state index is -1.26. The monoisotopic (exact) mass is 365 g/mol. The first-order valence-electron chi connectivity index (χ1n) is 7.83. The molecule has 130 valence electrons. The highest BCUT2D eigenvalue weighted by Crippen LogP contribution is 2.12. The van der Waals surface area contributed by atoms with Gasteiger partial charge in [-0.25, -0.2) is 0 Å². The summed E-state index contributed by atoms with van der Waals surface area (Å²) in [7, 11) is 0. The van der Waals surface area contributed by atoms with Crippen LogP contribution in [0.1, 0.15) is 26.9 Å². The molecule has 7 heteroatoms. The normalized spacial score (nSPS) is 11.5. The molecule has 0 spiro atoms. The van der Waals surface area contributed by atoms with E-state index in [-0.39, 0.29) is 4.77 Å². The first-order valence-corrected chi connectivity index (χ1v) is 8.24. The van der Waals surface area contributed by atoms with Crippen molar-refractivity contribution in [3.63, 3.8) is 0 Å². The van der Waals surface area contributed by atoms with Gasteiger partial charge in [0.1, 0.15) is 0 Å². The van der Waals surface area contributed by atoms with Crippen LogP contribution in [-0.4, -0.2) is 21.2 Å². The fourth-order valence-electron chi connectivity index (χ4n) is 2.48. The van der Waals surface area contributed by atoms with Gasteiger partial charge in [-0.2, -0.15) is 0 Å². The second-order valence-electron chi connectivity index (χ2n) is 5.46. The molecule has 1 aromatic heterocycles. The molecule has 0 fully saturated rings. The Kier molecular flexibility index (Phi) is 5.19. The SMILES string of the molecule is O=C(N[C@@H](C(=O)c1ccccc1)n1c(=O)cc[nH]c1=S)c1ccccc1. The Hall–Kier alpha value is -3.32. The Morgan fingerprint density at radius 2 is 1.50 bits per heavy atom. The number of rotatable bonds is 5. The number of aromatic nitrogens is 2. The summed E-state index contributed by atoms with van der Waals surface area (Å²) in [6, 6.07) is 18.1. The van der Waals surface area contributed by atoms with Crippen LogP contribution in [0.3, 0.4) is 0 Å². The van der Waals surface area contributed by atoms with E-state index >= 15 is 0 Å². The maximum Gasteiger partial charge on any atom is 0.256 e. The smallest absolute Gasteiger partial charge is 0.256 e. The van der Waals surface area contributed by atoms with Crippen molar-refractivity contribution < 1.29 is 9.59 Å². The molecule has 3 aromatic rings. The average molecular weight is 365 g/mol. The largest absolute Gasteiger partial charge is 0.339 e. The van der Waals surface area contributed by atoms with Gasteiger partial charge in [0.25, 0.3) is 11.5 Å². The van der Waals surface area contributed by atoms with E-state index in [0.29, 0.717) is 11.1 Å². The van der Waals surface area contributed by atoms with E-state index < -0.39 is 23.4 Å². The highest BCUT2D eigenvalue weighted by Gasteiger charge is 2.26. The van der Waals surface area contributed by atoms with Gasteiger partial charge < -0.3 is 10.3 Å². The third-order valence-corrected chi connectivity index (χ3v) is 4.07. The van der Waals surface area contributed by atoms with Crippen molar-refractivity contribution in [2.45, 2.75) is 6.17 Å². The molecule has 0 unspecified atom stereocenters. The molecule has 3 rings (SSSR count). The fourth-order valence-corrected chi connectivity index (χ4v) is 2.75. The molecular formula is C19H15N3O3S. The van der Waals surface area contributed by atoms with E-state index in [1.54, 1.807) is 60.7 Å². The van der Waals surface area contributed by atoms with Crippen molar-refractivity contribution in [1.29, 1.82) is 0 Å². The third kappa shape index (κ3) is 3.68. The zero-order valence-corrected chi connectivity index (χ0v) is 14.4. The quantitative estimate of drug-likeness (QED) is 0.538. The number of benzene rings is 2. The first-order chi connectivity index (χ1) is 12.6. The van der Waals surface area contributed by atoms with E-state index in [1.165, 1.54) is 12.3 Å². The standard InChI is InChI=1S/C19H15N3O3S/c23-15-11-12-20-19(26)22(15)17(16(24)13-7-3-1-4-8-13)21-18(25)14-9-5-2-6-10-14/h1-12,17H,(H,20,26)(H,21,25)/t17-/m1/s1. The summed E-state index contributed by atoms with van der Waals surface area (Å²) in [4.78, 5) is 40.6. The average Bonchev–Trinajstić information content (AvgIpc) is 2.67. The van der Waals surface area contributed by atoms with Gasteiger partial charge in [-0.05, 0) is 24.4 Å². The number of H-pyrrole nitrogens is 1. The van der Waals surface area contributed by atoms with Gasteiger partial charge in [0.15, 0.2) is 10.9 Å². The predicted molar refractivity (Wildman–Crippen MR) is 99.6 cm³/mol. The molecule has 2 N–H and O–H groups in total. The van der Waals surface area contributed by atoms with Gasteiger partial charge in [0.05, 0.1) is 0 Å². The number of ketones is 1. The topological polar surface area (TPSA) is 84.0 Å². The van der Waals surface area contributed by atoms with Gasteiger partial charge in [-0.15, -0.1) is 0 Å². The Labute approximate surface area is 154 Å². The van der Waals surface area contributed by atoms with Crippen LogP contribution >= 0.6 is 12.2 Å². The molecule has 0 aliphatic heterocycles. The van der Waals surface area contributed by atoms with Gasteiger partial charge in [0, 0.05) is 23.4 Å². The predicted octanol–water partition coefficient (Wildman–Crippen LogP) is 2.72. The molecule has 26 heavy (non-hydrogen) atoms. The molecule has 1 atom stereocenters. The molecule has 0 bridgehead atoms. The number of aromatic amines is 1. The maximum atomic E-state index is 13.0. The van der Waals surface area contributed by atoms with Crippen molar-refractivity contribution in [2.24, 2.45) is 0 Å². The number of carbonyl (C=O) groups is 2. The number of hydrogen-bond donors (Lipinski definition) is 2. The lowest BCUT2D eigenvalue weighted by Gasteiger charge is -2.20. The highest BCUT2D eigenvalue weighted by atomic mass is 32.1. The Bertz CT molecular complexity index is 1010. The van der Waals surface area contributed by atoms with Gasteiger partial charge in [-0.1, -0.05) is 48.5 Å². The zero-order valence-electron chi connectivity index (χ0n) is 13.6. The summed E-state index contributed by atoms with van der Waals surface area (Å²) in [5.41, 5.74) is 0.240. The minimum absolute atomic E-state index is 0.0418. The third-order valence-electron chi connectivity index (χ3n) is 3.76. The summed E-state index contributed by atoms with van der Waals surface area (Å²) in [5, 5.41) is 2.62. The Balaban J connectivity index is 2.05. The summed E-state index contributed by atoms with van der Waals surface area (Å²) in [6.45, 7) is 0. The molecule has 6 nitrogen and oxygen atoms in total. The first kappa shape index (κ1) is 17.5.